The van der Waals surface area contributed by atoms with Crippen LogP contribution in [0.3, 0.4) is 0 Å². The van der Waals surface area contributed by atoms with Gasteiger partial charge in [0.05, 0.1) is 6.61 Å². The van der Waals surface area contributed by atoms with Crippen molar-refractivity contribution in [3.8, 4) is 11.5 Å². The summed E-state index contributed by atoms with van der Waals surface area (Å²) in [6.45, 7) is 2.89. The van der Waals surface area contributed by atoms with Gasteiger partial charge in [0.1, 0.15) is 11.5 Å². The van der Waals surface area contributed by atoms with Crippen molar-refractivity contribution in [2.24, 2.45) is 11.8 Å². The van der Waals surface area contributed by atoms with Crippen LogP contribution in [0, 0.1) is 11.8 Å². The lowest BCUT2D eigenvalue weighted by Gasteiger charge is -2.28. The van der Waals surface area contributed by atoms with E-state index in [2.05, 4.69) is 11.7 Å². The van der Waals surface area contributed by atoms with Crippen LogP contribution in [0.4, 0.5) is 13.2 Å². The van der Waals surface area contributed by atoms with Crippen molar-refractivity contribution >= 4 is 0 Å². The Morgan fingerprint density at radius 3 is 2.04 bits per heavy atom. The number of halogens is 3. The minimum atomic E-state index is -4.66. The normalized spacial score (nSPS) is 20.8. The van der Waals surface area contributed by atoms with Crippen LogP contribution in [0.15, 0.2) is 24.3 Å². The molecule has 0 spiro atoms. The molecule has 1 aromatic carbocycles. The number of ether oxygens (including phenoxy) is 2. The molecule has 2 nitrogen and oxygen atoms in total. The number of benzene rings is 1. The van der Waals surface area contributed by atoms with Crippen LogP contribution in [-0.4, -0.2) is 13.0 Å². The Balaban J connectivity index is 1.61. The monoisotopic (exact) mass is 372 g/mol. The first-order valence-electron chi connectivity index (χ1n) is 9.95. The van der Waals surface area contributed by atoms with Gasteiger partial charge in [0.2, 0.25) is 0 Å². The van der Waals surface area contributed by atoms with Crippen LogP contribution in [0.5, 0.6) is 11.5 Å². The van der Waals surface area contributed by atoms with E-state index in [0.717, 1.165) is 5.92 Å². The second-order valence-electron chi connectivity index (χ2n) is 7.42. The Bertz CT molecular complexity index is 491. The third kappa shape index (κ3) is 8.33. The molecule has 0 radical (unpaired) electrons. The Hall–Kier alpha value is -1.39. The fourth-order valence-electron chi connectivity index (χ4n) is 3.68. The van der Waals surface area contributed by atoms with E-state index in [9.17, 15) is 13.2 Å². The summed E-state index contributed by atoms with van der Waals surface area (Å²) in [5.41, 5.74) is 0. The molecule has 148 valence electrons. The SMILES string of the molecule is CCCCCCCC1CCC(COc2ccc(OC(F)(F)F)cc2)CC1. The van der Waals surface area contributed by atoms with Crippen molar-refractivity contribution in [3.05, 3.63) is 24.3 Å². The maximum absolute atomic E-state index is 12.1. The summed E-state index contributed by atoms with van der Waals surface area (Å²) >= 11 is 0. The van der Waals surface area contributed by atoms with Gasteiger partial charge in [0, 0.05) is 0 Å². The average molecular weight is 372 g/mol. The highest BCUT2D eigenvalue weighted by Crippen LogP contribution is 2.33. The van der Waals surface area contributed by atoms with Gasteiger partial charge in [-0.15, -0.1) is 13.2 Å². The van der Waals surface area contributed by atoms with E-state index < -0.39 is 6.36 Å². The third-order valence-corrected chi connectivity index (χ3v) is 5.23. The van der Waals surface area contributed by atoms with Gasteiger partial charge in [-0.1, -0.05) is 58.3 Å². The topological polar surface area (TPSA) is 18.5 Å². The summed E-state index contributed by atoms with van der Waals surface area (Å²) in [7, 11) is 0. The fraction of sp³-hybridized carbons (Fsp3) is 0.714. The second-order valence-corrected chi connectivity index (χ2v) is 7.42. The number of unbranched alkanes of at least 4 members (excludes halogenated alkanes) is 4. The van der Waals surface area contributed by atoms with Gasteiger partial charge in [-0.2, -0.15) is 0 Å². The van der Waals surface area contributed by atoms with E-state index in [1.54, 1.807) is 0 Å². The van der Waals surface area contributed by atoms with Crippen molar-refractivity contribution in [3.63, 3.8) is 0 Å². The summed E-state index contributed by atoms with van der Waals surface area (Å²) < 4.78 is 46.0. The van der Waals surface area contributed by atoms with Gasteiger partial charge in [-0.3, -0.25) is 0 Å². The molecule has 5 heteroatoms. The molecule has 2 rings (SSSR count). The van der Waals surface area contributed by atoms with Gasteiger partial charge in [0.25, 0.3) is 0 Å². The molecule has 0 aliphatic heterocycles. The molecule has 0 saturated heterocycles. The molecule has 1 aliphatic carbocycles. The minimum absolute atomic E-state index is 0.218. The van der Waals surface area contributed by atoms with Crippen LogP contribution in [0.25, 0.3) is 0 Å². The smallest absolute Gasteiger partial charge is 0.493 e. The second kappa shape index (κ2) is 10.7. The van der Waals surface area contributed by atoms with Crippen molar-refractivity contribution < 1.29 is 22.6 Å². The summed E-state index contributed by atoms with van der Waals surface area (Å²) in [6.07, 6.45) is 8.38. The highest BCUT2D eigenvalue weighted by atomic mass is 19.4. The van der Waals surface area contributed by atoms with Gasteiger partial charge >= 0.3 is 6.36 Å². The van der Waals surface area contributed by atoms with E-state index in [-0.39, 0.29) is 5.75 Å². The van der Waals surface area contributed by atoms with Crippen molar-refractivity contribution in [2.75, 3.05) is 6.61 Å². The molecule has 1 fully saturated rings. The van der Waals surface area contributed by atoms with E-state index in [1.165, 1.54) is 88.5 Å². The molecule has 0 aromatic heterocycles. The Labute approximate surface area is 155 Å². The molecule has 0 unspecified atom stereocenters. The Morgan fingerprint density at radius 1 is 0.846 bits per heavy atom. The summed E-state index contributed by atoms with van der Waals surface area (Å²) in [6, 6.07) is 5.64. The Kier molecular flexibility index (Phi) is 8.60. The minimum Gasteiger partial charge on any atom is -0.493 e. The van der Waals surface area contributed by atoms with Crippen molar-refractivity contribution in [1.82, 2.24) is 0 Å². The number of hydrogen-bond acceptors (Lipinski definition) is 2. The first-order chi connectivity index (χ1) is 12.5. The number of hydrogen-bond donors (Lipinski definition) is 0. The van der Waals surface area contributed by atoms with Crippen molar-refractivity contribution in [2.45, 2.75) is 77.5 Å². The average Bonchev–Trinajstić information content (AvgIpc) is 2.61. The molecule has 0 bridgehead atoms. The number of alkyl halides is 3. The molecule has 0 N–H and O–H groups in total. The van der Waals surface area contributed by atoms with Crippen LogP contribution in [0.1, 0.15) is 71.1 Å². The van der Waals surface area contributed by atoms with Gasteiger partial charge in [-0.05, 0) is 48.9 Å². The van der Waals surface area contributed by atoms with Crippen LogP contribution >= 0.6 is 0 Å². The summed E-state index contributed by atoms with van der Waals surface area (Å²) in [4.78, 5) is 0. The lowest BCUT2D eigenvalue weighted by Crippen LogP contribution is -2.20. The zero-order valence-electron chi connectivity index (χ0n) is 15.7. The zero-order valence-corrected chi connectivity index (χ0v) is 15.7. The first-order valence-corrected chi connectivity index (χ1v) is 9.95. The van der Waals surface area contributed by atoms with Crippen LogP contribution < -0.4 is 9.47 Å². The van der Waals surface area contributed by atoms with E-state index in [0.29, 0.717) is 18.3 Å². The molecule has 0 amide bonds. The standard InChI is InChI=1S/C21H31F3O2/c1-2-3-4-5-6-7-17-8-10-18(11-9-17)16-25-19-12-14-20(15-13-19)26-21(22,23)24/h12-15,17-18H,2-11,16H2,1H3. The predicted octanol–water partition coefficient (Wildman–Crippen LogP) is 7.13. The largest absolute Gasteiger partial charge is 0.573 e. The van der Waals surface area contributed by atoms with E-state index in [1.807, 2.05) is 0 Å². The van der Waals surface area contributed by atoms with Crippen LogP contribution in [-0.2, 0) is 0 Å². The van der Waals surface area contributed by atoms with E-state index in [4.69, 9.17) is 4.74 Å². The molecular formula is C21H31F3O2. The summed E-state index contributed by atoms with van der Waals surface area (Å²) in [5, 5.41) is 0. The lowest BCUT2D eigenvalue weighted by molar-refractivity contribution is -0.274. The molecule has 0 heterocycles. The molecule has 1 aliphatic rings. The molecule has 1 aromatic rings. The highest BCUT2D eigenvalue weighted by molar-refractivity contribution is 5.31. The molecule has 0 atom stereocenters. The lowest BCUT2D eigenvalue weighted by atomic mass is 9.80. The molecular weight excluding hydrogens is 341 g/mol. The zero-order chi connectivity index (χ0) is 18.8. The predicted molar refractivity (Wildman–Crippen MR) is 97.4 cm³/mol. The highest BCUT2D eigenvalue weighted by Gasteiger charge is 2.31. The van der Waals surface area contributed by atoms with Crippen molar-refractivity contribution in [1.29, 1.82) is 0 Å². The van der Waals surface area contributed by atoms with Gasteiger partial charge in [-0.25, -0.2) is 0 Å². The van der Waals surface area contributed by atoms with E-state index >= 15 is 0 Å². The molecule has 26 heavy (non-hydrogen) atoms. The maximum Gasteiger partial charge on any atom is 0.573 e. The summed E-state index contributed by atoms with van der Waals surface area (Å²) in [5.74, 6) is 1.80. The Morgan fingerprint density at radius 2 is 1.42 bits per heavy atom. The fourth-order valence-corrected chi connectivity index (χ4v) is 3.68. The van der Waals surface area contributed by atoms with Crippen LogP contribution in [0.2, 0.25) is 0 Å². The quantitative estimate of drug-likeness (QED) is 0.407. The van der Waals surface area contributed by atoms with Gasteiger partial charge < -0.3 is 9.47 Å². The van der Waals surface area contributed by atoms with Gasteiger partial charge in [0.15, 0.2) is 0 Å². The third-order valence-electron chi connectivity index (χ3n) is 5.23. The molecule has 1 saturated carbocycles. The number of rotatable bonds is 10. The maximum atomic E-state index is 12.1. The first kappa shape index (κ1) is 20.9.